The largest absolute Gasteiger partial charge is 0.371 e. The quantitative estimate of drug-likeness (QED) is 0.877. The van der Waals surface area contributed by atoms with Gasteiger partial charge in [-0.05, 0) is 66.3 Å². The second kappa shape index (κ2) is 6.35. The molecular formula is C22H27N3O. The third kappa shape index (κ3) is 3.28. The number of piperidine rings is 1. The van der Waals surface area contributed by atoms with Crippen LogP contribution in [0.5, 0.6) is 0 Å². The number of fused-ring (bicyclic) bond motifs is 1. The van der Waals surface area contributed by atoms with Crippen LogP contribution < -0.4 is 10.2 Å². The molecule has 4 nitrogen and oxygen atoms in total. The van der Waals surface area contributed by atoms with Gasteiger partial charge in [-0.3, -0.25) is 4.79 Å². The van der Waals surface area contributed by atoms with Gasteiger partial charge in [-0.1, -0.05) is 13.8 Å². The zero-order valence-corrected chi connectivity index (χ0v) is 15.9. The summed E-state index contributed by atoms with van der Waals surface area (Å²) in [5, 5.41) is 3.46. The fourth-order valence-electron chi connectivity index (χ4n) is 3.84. The van der Waals surface area contributed by atoms with Gasteiger partial charge in [0.05, 0.1) is 0 Å². The van der Waals surface area contributed by atoms with Gasteiger partial charge in [0.2, 0.25) is 0 Å². The molecule has 2 aromatic carbocycles. The van der Waals surface area contributed by atoms with Crippen molar-refractivity contribution in [1.82, 2.24) is 4.90 Å². The van der Waals surface area contributed by atoms with Crippen molar-refractivity contribution >= 4 is 23.0 Å². The van der Waals surface area contributed by atoms with E-state index >= 15 is 0 Å². The number of hydrogen-bond donors (Lipinski definition) is 1. The Kier molecular flexibility index (Phi) is 4.14. The second-order valence-electron chi connectivity index (χ2n) is 8.36. The number of benzene rings is 2. The molecule has 4 heteroatoms. The number of hydrogen-bond acceptors (Lipinski definition) is 3. The van der Waals surface area contributed by atoms with Gasteiger partial charge >= 0.3 is 0 Å². The summed E-state index contributed by atoms with van der Waals surface area (Å²) < 4.78 is 0. The van der Waals surface area contributed by atoms with Crippen LogP contribution in [0.2, 0.25) is 0 Å². The predicted molar refractivity (Wildman–Crippen MR) is 107 cm³/mol. The highest BCUT2D eigenvalue weighted by atomic mass is 16.2. The van der Waals surface area contributed by atoms with Crippen LogP contribution in [-0.4, -0.2) is 30.9 Å². The first-order valence-electron chi connectivity index (χ1n) is 9.42. The van der Waals surface area contributed by atoms with Gasteiger partial charge < -0.3 is 15.1 Å². The minimum absolute atomic E-state index is 0.112. The van der Waals surface area contributed by atoms with E-state index in [1.165, 1.54) is 18.5 Å². The smallest absolute Gasteiger partial charge is 0.254 e. The summed E-state index contributed by atoms with van der Waals surface area (Å²) in [6.07, 6.45) is 2.49. The van der Waals surface area contributed by atoms with Crippen LogP contribution in [0, 0.1) is 5.41 Å². The topological polar surface area (TPSA) is 35.6 Å². The van der Waals surface area contributed by atoms with Crippen molar-refractivity contribution < 1.29 is 4.79 Å². The van der Waals surface area contributed by atoms with E-state index in [4.69, 9.17) is 0 Å². The normalized spacial score (nSPS) is 18.8. The number of nitrogens with one attached hydrogen (secondary N) is 1. The lowest BCUT2D eigenvalue weighted by Crippen LogP contribution is -2.37. The molecule has 0 spiro atoms. The van der Waals surface area contributed by atoms with E-state index in [0.29, 0.717) is 12.0 Å². The molecule has 4 rings (SSSR count). The maximum atomic E-state index is 12.0. The standard InChI is InChI=1S/C22H27N3O/c1-22(2)10-12-25(13-11-22)19-7-4-17(5-8-19)23-18-6-9-20-16(14-18)15-24(3)21(20)26/h4-9,14,23H,10-13,15H2,1-3H3. The number of rotatable bonds is 3. The Morgan fingerprint density at radius 3 is 2.31 bits per heavy atom. The summed E-state index contributed by atoms with van der Waals surface area (Å²) in [5.74, 6) is 0.112. The molecule has 2 heterocycles. The molecule has 0 aliphatic carbocycles. The molecular weight excluding hydrogens is 322 g/mol. The fourth-order valence-corrected chi connectivity index (χ4v) is 3.84. The van der Waals surface area contributed by atoms with Gasteiger partial charge in [-0.2, -0.15) is 0 Å². The average Bonchev–Trinajstić information content (AvgIpc) is 2.90. The van der Waals surface area contributed by atoms with Gasteiger partial charge in [-0.15, -0.1) is 0 Å². The summed E-state index contributed by atoms with van der Waals surface area (Å²) in [6.45, 7) is 7.67. The average molecular weight is 349 g/mol. The molecule has 2 aliphatic rings. The summed E-state index contributed by atoms with van der Waals surface area (Å²) >= 11 is 0. The Morgan fingerprint density at radius 1 is 0.962 bits per heavy atom. The molecule has 0 unspecified atom stereocenters. The van der Waals surface area contributed by atoms with Crippen LogP contribution in [-0.2, 0) is 6.54 Å². The van der Waals surface area contributed by atoms with Gasteiger partial charge in [0.15, 0.2) is 0 Å². The highest BCUT2D eigenvalue weighted by molar-refractivity contribution is 5.98. The van der Waals surface area contributed by atoms with E-state index in [1.807, 2.05) is 19.2 Å². The first-order chi connectivity index (χ1) is 12.4. The minimum Gasteiger partial charge on any atom is -0.371 e. The first kappa shape index (κ1) is 17.0. The Balaban J connectivity index is 1.44. The van der Waals surface area contributed by atoms with E-state index in [2.05, 4.69) is 54.4 Å². The molecule has 0 saturated carbocycles. The molecule has 0 radical (unpaired) electrons. The summed E-state index contributed by atoms with van der Waals surface area (Å²) in [4.78, 5) is 16.2. The molecule has 1 N–H and O–H groups in total. The first-order valence-corrected chi connectivity index (χ1v) is 9.42. The van der Waals surface area contributed by atoms with Crippen molar-refractivity contribution in [3.8, 4) is 0 Å². The summed E-state index contributed by atoms with van der Waals surface area (Å²) in [7, 11) is 1.84. The fraction of sp³-hybridized carbons (Fsp3) is 0.409. The SMILES string of the molecule is CN1Cc2cc(Nc3ccc(N4CCC(C)(C)CC4)cc3)ccc2C1=O. The summed E-state index contributed by atoms with van der Waals surface area (Å²) in [6, 6.07) is 14.7. The predicted octanol–water partition coefficient (Wildman–Crippen LogP) is 4.64. The van der Waals surface area contributed by atoms with Crippen LogP contribution in [0.3, 0.4) is 0 Å². The minimum atomic E-state index is 0.112. The van der Waals surface area contributed by atoms with Crippen LogP contribution in [0.25, 0.3) is 0 Å². The van der Waals surface area contributed by atoms with Crippen LogP contribution in [0.15, 0.2) is 42.5 Å². The number of anilines is 3. The maximum absolute atomic E-state index is 12.0. The zero-order chi connectivity index (χ0) is 18.3. The molecule has 2 aromatic rings. The molecule has 0 bridgehead atoms. The van der Waals surface area contributed by atoms with E-state index in [0.717, 1.165) is 35.6 Å². The molecule has 1 fully saturated rings. The number of nitrogens with zero attached hydrogens (tertiary/aromatic N) is 2. The van der Waals surface area contributed by atoms with Gasteiger partial charge in [0.25, 0.3) is 5.91 Å². The van der Waals surface area contributed by atoms with Crippen LogP contribution in [0.4, 0.5) is 17.1 Å². The van der Waals surface area contributed by atoms with Crippen LogP contribution in [0.1, 0.15) is 42.6 Å². The second-order valence-corrected chi connectivity index (χ2v) is 8.36. The van der Waals surface area contributed by atoms with Gasteiger partial charge in [-0.25, -0.2) is 0 Å². The molecule has 26 heavy (non-hydrogen) atoms. The maximum Gasteiger partial charge on any atom is 0.254 e. The Morgan fingerprint density at radius 2 is 1.62 bits per heavy atom. The lowest BCUT2D eigenvalue weighted by Gasteiger charge is -2.38. The van der Waals surface area contributed by atoms with E-state index in [-0.39, 0.29) is 5.91 Å². The lowest BCUT2D eigenvalue weighted by atomic mass is 9.82. The molecule has 0 atom stereocenters. The Hall–Kier alpha value is -2.49. The Bertz CT molecular complexity index is 816. The van der Waals surface area contributed by atoms with Crippen molar-refractivity contribution in [3.63, 3.8) is 0 Å². The van der Waals surface area contributed by atoms with E-state index < -0.39 is 0 Å². The van der Waals surface area contributed by atoms with Crippen molar-refractivity contribution in [3.05, 3.63) is 53.6 Å². The Labute approximate surface area is 155 Å². The van der Waals surface area contributed by atoms with E-state index in [9.17, 15) is 4.79 Å². The van der Waals surface area contributed by atoms with Crippen LogP contribution >= 0.6 is 0 Å². The highest BCUT2D eigenvalue weighted by Gasteiger charge is 2.26. The molecule has 2 aliphatic heterocycles. The van der Waals surface area contributed by atoms with Gasteiger partial charge in [0.1, 0.15) is 0 Å². The van der Waals surface area contributed by atoms with Crippen molar-refractivity contribution in [1.29, 1.82) is 0 Å². The van der Waals surface area contributed by atoms with Crippen molar-refractivity contribution in [2.24, 2.45) is 5.41 Å². The third-order valence-corrected chi connectivity index (χ3v) is 5.73. The number of carbonyl (C=O) groups is 1. The summed E-state index contributed by atoms with van der Waals surface area (Å²) in [5.41, 5.74) is 5.79. The van der Waals surface area contributed by atoms with E-state index in [1.54, 1.807) is 4.90 Å². The highest BCUT2D eigenvalue weighted by Crippen LogP contribution is 2.33. The molecule has 136 valence electrons. The number of carbonyl (C=O) groups excluding carboxylic acids is 1. The molecule has 1 saturated heterocycles. The number of amides is 1. The van der Waals surface area contributed by atoms with Crippen molar-refractivity contribution in [2.75, 3.05) is 30.4 Å². The van der Waals surface area contributed by atoms with Gasteiger partial charge in [0, 0.05) is 49.3 Å². The third-order valence-electron chi connectivity index (χ3n) is 5.73. The van der Waals surface area contributed by atoms with Crippen molar-refractivity contribution in [2.45, 2.75) is 33.2 Å². The monoisotopic (exact) mass is 349 g/mol. The lowest BCUT2D eigenvalue weighted by molar-refractivity contribution is 0.0816. The molecule has 1 amide bonds. The zero-order valence-electron chi connectivity index (χ0n) is 15.9. The molecule has 0 aromatic heterocycles.